The van der Waals surface area contributed by atoms with Gasteiger partial charge in [-0.3, -0.25) is 4.90 Å². The third kappa shape index (κ3) is 2.97. The van der Waals surface area contributed by atoms with E-state index in [0.29, 0.717) is 12.8 Å². The number of carbonyl (C=O) groups excluding carboxylic acids is 1. The number of benzene rings is 2. The van der Waals surface area contributed by atoms with E-state index in [2.05, 4.69) is 24.3 Å². The molecule has 5 nitrogen and oxygen atoms in total. The second-order valence-electron chi connectivity index (χ2n) is 7.20. The minimum Gasteiger partial charge on any atom is -0.480 e. The molecular formula is C22H23NO4. The second-order valence-corrected chi connectivity index (χ2v) is 7.20. The van der Waals surface area contributed by atoms with Crippen molar-refractivity contribution >= 4 is 12.1 Å². The second kappa shape index (κ2) is 7.06. The zero-order valence-corrected chi connectivity index (χ0v) is 15.3. The molecule has 1 saturated heterocycles. The molecule has 1 aliphatic heterocycles. The smallest absolute Gasteiger partial charge is 0.410 e. The zero-order valence-electron chi connectivity index (χ0n) is 15.3. The summed E-state index contributed by atoms with van der Waals surface area (Å²) in [4.78, 5) is 25.7. The molecule has 0 radical (unpaired) electrons. The molecule has 1 aliphatic carbocycles. The number of nitrogens with zero attached hydrogens (tertiary/aromatic N) is 1. The van der Waals surface area contributed by atoms with Gasteiger partial charge in [-0.2, -0.15) is 0 Å². The normalized spacial score (nSPS) is 21.0. The largest absolute Gasteiger partial charge is 0.480 e. The Labute approximate surface area is 158 Å². The van der Waals surface area contributed by atoms with E-state index in [9.17, 15) is 14.7 Å². The Morgan fingerprint density at radius 2 is 1.63 bits per heavy atom. The first-order valence-corrected chi connectivity index (χ1v) is 9.48. The lowest BCUT2D eigenvalue weighted by atomic mass is 9.98. The van der Waals surface area contributed by atoms with Gasteiger partial charge in [0.2, 0.25) is 0 Å². The lowest BCUT2D eigenvalue weighted by molar-refractivity contribution is -0.142. The van der Waals surface area contributed by atoms with E-state index in [4.69, 9.17) is 4.74 Å². The summed E-state index contributed by atoms with van der Waals surface area (Å²) in [5, 5.41) is 9.44. The van der Waals surface area contributed by atoms with E-state index in [1.165, 1.54) is 16.0 Å². The Bertz CT molecular complexity index is 833. The Morgan fingerprint density at radius 3 is 2.19 bits per heavy atom. The summed E-state index contributed by atoms with van der Waals surface area (Å²) in [7, 11) is 0. The van der Waals surface area contributed by atoms with Crippen LogP contribution in [-0.2, 0) is 9.53 Å². The average Bonchev–Trinajstić information content (AvgIpc) is 3.26. The Balaban J connectivity index is 1.55. The number of likely N-dealkylation sites (tertiary alicyclic amines) is 1. The standard InChI is InChI=1S/C22H23NO4/c1-2-14-11-12-20(21(24)25)23(14)22(26)27-13-19-17-9-5-3-7-15(17)16-8-4-6-10-18(16)19/h3-10,14,19-20H,2,11-13H2,1H3,(H,24,25)/t14-,20+/m1/s1. The lowest BCUT2D eigenvalue weighted by Gasteiger charge is -2.27. The van der Waals surface area contributed by atoms with Crippen molar-refractivity contribution in [1.82, 2.24) is 4.90 Å². The Morgan fingerprint density at radius 1 is 1.04 bits per heavy atom. The quantitative estimate of drug-likeness (QED) is 0.879. The first-order valence-electron chi connectivity index (χ1n) is 9.48. The summed E-state index contributed by atoms with van der Waals surface area (Å²) in [6.07, 6.45) is 1.40. The maximum Gasteiger partial charge on any atom is 0.410 e. The third-order valence-corrected chi connectivity index (χ3v) is 5.81. The molecule has 0 saturated carbocycles. The van der Waals surface area contributed by atoms with Crippen LogP contribution >= 0.6 is 0 Å². The summed E-state index contributed by atoms with van der Waals surface area (Å²) in [5.41, 5.74) is 4.64. The highest BCUT2D eigenvalue weighted by atomic mass is 16.6. The van der Waals surface area contributed by atoms with E-state index < -0.39 is 18.1 Å². The number of rotatable bonds is 4. The number of carboxylic acids is 1. The highest BCUT2D eigenvalue weighted by Gasteiger charge is 2.41. The molecule has 4 rings (SSSR count). The number of hydrogen-bond donors (Lipinski definition) is 1. The van der Waals surface area contributed by atoms with Crippen molar-refractivity contribution in [3.63, 3.8) is 0 Å². The van der Waals surface area contributed by atoms with Gasteiger partial charge in [0, 0.05) is 12.0 Å². The van der Waals surface area contributed by atoms with Gasteiger partial charge in [-0.15, -0.1) is 0 Å². The predicted molar refractivity (Wildman–Crippen MR) is 102 cm³/mol. The van der Waals surface area contributed by atoms with Crippen molar-refractivity contribution < 1.29 is 19.4 Å². The average molecular weight is 365 g/mol. The van der Waals surface area contributed by atoms with E-state index in [1.807, 2.05) is 31.2 Å². The van der Waals surface area contributed by atoms with Crippen LogP contribution in [0.1, 0.15) is 43.2 Å². The number of ether oxygens (including phenoxy) is 1. The molecule has 27 heavy (non-hydrogen) atoms. The summed E-state index contributed by atoms with van der Waals surface area (Å²) < 4.78 is 5.66. The molecule has 0 bridgehead atoms. The van der Waals surface area contributed by atoms with Crippen LogP contribution in [0, 0.1) is 0 Å². The maximum absolute atomic E-state index is 12.8. The van der Waals surface area contributed by atoms with E-state index in [-0.39, 0.29) is 18.6 Å². The number of hydrogen-bond acceptors (Lipinski definition) is 3. The van der Waals surface area contributed by atoms with Gasteiger partial charge in [0.25, 0.3) is 0 Å². The van der Waals surface area contributed by atoms with Gasteiger partial charge in [0.15, 0.2) is 0 Å². The molecular weight excluding hydrogens is 342 g/mol. The van der Waals surface area contributed by atoms with E-state index in [1.54, 1.807) is 0 Å². The summed E-state index contributed by atoms with van der Waals surface area (Å²) in [6.45, 7) is 2.19. The first-order chi connectivity index (χ1) is 13.1. The van der Waals surface area contributed by atoms with Gasteiger partial charge < -0.3 is 9.84 Å². The van der Waals surface area contributed by atoms with Crippen LogP contribution in [0.4, 0.5) is 4.79 Å². The third-order valence-electron chi connectivity index (χ3n) is 5.81. The minimum absolute atomic E-state index is 0.0210. The predicted octanol–water partition coefficient (Wildman–Crippen LogP) is 4.26. The van der Waals surface area contributed by atoms with Crippen LogP contribution in [0.15, 0.2) is 48.5 Å². The van der Waals surface area contributed by atoms with Crippen LogP contribution in [0.2, 0.25) is 0 Å². The fourth-order valence-corrected chi connectivity index (χ4v) is 4.47. The van der Waals surface area contributed by atoms with Gasteiger partial charge in [0.1, 0.15) is 12.6 Å². The molecule has 1 fully saturated rings. The molecule has 0 unspecified atom stereocenters. The van der Waals surface area contributed by atoms with Crippen molar-refractivity contribution in [2.45, 2.75) is 44.2 Å². The fraction of sp³-hybridized carbons (Fsp3) is 0.364. The topological polar surface area (TPSA) is 66.8 Å². The van der Waals surface area contributed by atoms with Crippen molar-refractivity contribution in [1.29, 1.82) is 0 Å². The zero-order chi connectivity index (χ0) is 19.0. The molecule has 5 heteroatoms. The van der Waals surface area contributed by atoms with Crippen molar-refractivity contribution in [2.75, 3.05) is 6.61 Å². The molecule has 2 aromatic rings. The van der Waals surface area contributed by atoms with Gasteiger partial charge in [0.05, 0.1) is 0 Å². The van der Waals surface area contributed by atoms with Crippen molar-refractivity contribution in [3.8, 4) is 11.1 Å². The number of fused-ring (bicyclic) bond motifs is 3. The number of amides is 1. The SMILES string of the molecule is CC[C@@H]1CC[C@@H](C(=O)O)N1C(=O)OCC1c2ccccc2-c2ccccc21. The minimum atomic E-state index is -0.959. The van der Waals surface area contributed by atoms with Crippen molar-refractivity contribution in [3.05, 3.63) is 59.7 Å². The maximum atomic E-state index is 12.8. The molecule has 1 heterocycles. The monoisotopic (exact) mass is 365 g/mol. The van der Waals surface area contributed by atoms with Crippen LogP contribution in [0.5, 0.6) is 0 Å². The van der Waals surface area contributed by atoms with Gasteiger partial charge in [-0.25, -0.2) is 9.59 Å². The molecule has 1 amide bonds. The molecule has 2 aliphatic rings. The Kier molecular flexibility index (Phi) is 4.60. The van der Waals surface area contributed by atoms with Crippen LogP contribution in [0.3, 0.4) is 0 Å². The first kappa shape index (κ1) is 17.6. The highest BCUT2D eigenvalue weighted by molar-refractivity contribution is 5.82. The van der Waals surface area contributed by atoms with Crippen LogP contribution < -0.4 is 0 Å². The molecule has 2 atom stereocenters. The van der Waals surface area contributed by atoms with Crippen LogP contribution in [-0.4, -0.2) is 40.8 Å². The van der Waals surface area contributed by atoms with Gasteiger partial charge >= 0.3 is 12.1 Å². The lowest BCUT2D eigenvalue weighted by Crippen LogP contribution is -2.45. The molecule has 0 aromatic heterocycles. The summed E-state index contributed by atoms with van der Waals surface area (Å²) in [5.74, 6) is -0.980. The van der Waals surface area contributed by atoms with E-state index >= 15 is 0 Å². The summed E-state index contributed by atoms with van der Waals surface area (Å²) in [6, 6.07) is 15.5. The molecule has 0 spiro atoms. The fourth-order valence-electron chi connectivity index (χ4n) is 4.47. The summed E-state index contributed by atoms with van der Waals surface area (Å²) >= 11 is 0. The van der Waals surface area contributed by atoms with Gasteiger partial charge in [-0.1, -0.05) is 55.5 Å². The molecule has 140 valence electrons. The Hall–Kier alpha value is -2.82. The van der Waals surface area contributed by atoms with E-state index in [0.717, 1.165) is 17.5 Å². The number of aliphatic carboxylic acids is 1. The molecule has 2 aromatic carbocycles. The molecule has 1 N–H and O–H groups in total. The number of carbonyl (C=O) groups is 2. The highest BCUT2D eigenvalue weighted by Crippen LogP contribution is 2.44. The van der Waals surface area contributed by atoms with Gasteiger partial charge in [-0.05, 0) is 41.5 Å². The van der Waals surface area contributed by atoms with Crippen molar-refractivity contribution in [2.24, 2.45) is 0 Å². The number of carboxylic acid groups (broad SMARTS) is 1. The van der Waals surface area contributed by atoms with Crippen LogP contribution in [0.25, 0.3) is 11.1 Å².